The van der Waals surface area contributed by atoms with E-state index in [2.05, 4.69) is 10.3 Å². The number of rotatable bonds is 4. The number of thiophene rings is 1. The molecule has 0 saturated carbocycles. The highest BCUT2D eigenvalue weighted by Crippen LogP contribution is 2.26. The van der Waals surface area contributed by atoms with E-state index in [0.717, 1.165) is 21.3 Å². The first kappa shape index (κ1) is 14.0. The predicted octanol–water partition coefficient (Wildman–Crippen LogP) is 4.36. The predicted molar refractivity (Wildman–Crippen MR) is 88.9 cm³/mol. The number of hydrogen-bond donors (Lipinski definition) is 1. The average Bonchev–Trinajstić information content (AvgIpc) is 3.12. The van der Waals surface area contributed by atoms with Gasteiger partial charge in [-0.25, -0.2) is 4.98 Å². The summed E-state index contributed by atoms with van der Waals surface area (Å²) in [7, 11) is 0. The standard InChI is InChI=1S/C16H14N2OS2/c1-11-4-6-12(7-5-11)17-15(19)9-16-18-13(10-21-16)14-3-2-8-20-14/h2-8,10H,9H2,1H3,(H,17,19). The SMILES string of the molecule is Cc1ccc(NC(=O)Cc2nc(-c3cccs3)cs2)cc1. The minimum absolute atomic E-state index is 0.0362. The van der Waals surface area contributed by atoms with Gasteiger partial charge in [-0.15, -0.1) is 22.7 Å². The third-order valence-electron chi connectivity index (χ3n) is 2.97. The van der Waals surface area contributed by atoms with Crippen LogP contribution in [-0.4, -0.2) is 10.9 Å². The average molecular weight is 314 g/mol. The monoisotopic (exact) mass is 314 g/mol. The lowest BCUT2D eigenvalue weighted by molar-refractivity contribution is -0.115. The number of amides is 1. The van der Waals surface area contributed by atoms with Gasteiger partial charge in [0.2, 0.25) is 5.91 Å². The molecule has 5 heteroatoms. The van der Waals surface area contributed by atoms with Gasteiger partial charge < -0.3 is 5.32 Å². The minimum atomic E-state index is -0.0362. The molecule has 2 heterocycles. The first-order valence-electron chi connectivity index (χ1n) is 6.55. The fraction of sp³-hybridized carbons (Fsp3) is 0.125. The van der Waals surface area contributed by atoms with Crippen LogP contribution in [0.25, 0.3) is 10.6 Å². The van der Waals surface area contributed by atoms with E-state index in [4.69, 9.17) is 0 Å². The molecule has 1 N–H and O–H groups in total. The Hall–Kier alpha value is -1.98. The van der Waals surface area contributed by atoms with Crippen LogP contribution in [0.15, 0.2) is 47.2 Å². The summed E-state index contributed by atoms with van der Waals surface area (Å²) in [5.74, 6) is -0.0362. The highest BCUT2D eigenvalue weighted by molar-refractivity contribution is 7.14. The van der Waals surface area contributed by atoms with Gasteiger partial charge >= 0.3 is 0 Å². The zero-order chi connectivity index (χ0) is 14.7. The lowest BCUT2D eigenvalue weighted by atomic mass is 10.2. The number of thiazole rings is 1. The molecule has 0 radical (unpaired) electrons. The molecule has 0 bridgehead atoms. The first-order valence-corrected chi connectivity index (χ1v) is 8.31. The Morgan fingerprint density at radius 1 is 1.19 bits per heavy atom. The molecule has 0 spiro atoms. The number of nitrogens with one attached hydrogen (secondary N) is 1. The van der Waals surface area contributed by atoms with Gasteiger partial charge in [-0.1, -0.05) is 23.8 Å². The molecule has 2 aromatic heterocycles. The van der Waals surface area contributed by atoms with Crippen molar-refractivity contribution in [1.29, 1.82) is 0 Å². The Morgan fingerprint density at radius 3 is 2.71 bits per heavy atom. The lowest BCUT2D eigenvalue weighted by Gasteiger charge is -2.04. The molecule has 106 valence electrons. The highest BCUT2D eigenvalue weighted by atomic mass is 32.1. The molecule has 3 nitrogen and oxygen atoms in total. The van der Waals surface area contributed by atoms with Crippen molar-refractivity contribution in [2.45, 2.75) is 13.3 Å². The lowest BCUT2D eigenvalue weighted by Crippen LogP contribution is -2.14. The Labute approximate surface area is 131 Å². The second kappa shape index (κ2) is 6.20. The Balaban J connectivity index is 1.64. The number of hydrogen-bond acceptors (Lipinski definition) is 4. The normalized spacial score (nSPS) is 10.5. The van der Waals surface area contributed by atoms with E-state index in [-0.39, 0.29) is 5.91 Å². The second-order valence-electron chi connectivity index (χ2n) is 4.69. The van der Waals surface area contributed by atoms with Gasteiger partial charge in [0.1, 0.15) is 5.01 Å². The number of carbonyl (C=O) groups is 1. The number of anilines is 1. The van der Waals surface area contributed by atoms with Crippen LogP contribution in [0, 0.1) is 6.92 Å². The maximum Gasteiger partial charge on any atom is 0.231 e. The van der Waals surface area contributed by atoms with Crippen LogP contribution in [0.2, 0.25) is 0 Å². The summed E-state index contributed by atoms with van der Waals surface area (Å²) in [6.07, 6.45) is 0.309. The molecule has 1 amide bonds. The van der Waals surface area contributed by atoms with Gasteiger partial charge in [-0.3, -0.25) is 4.79 Å². The van der Waals surface area contributed by atoms with Crippen molar-refractivity contribution < 1.29 is 4.79 Å². The van der Waals surface area contributed by atoms with Gasteiger partial charge in [0, 0.05) is 11.1 Å². The molecular weight excluding hydrogens is 300 g/mol. The zero-order valence-electron chi connectivity index (χ0n) is 11.5. The second-order valence-corrected chi connectivity index (χ2v) is 6.59. The summed E-state index contributed by atoms with van der Waals surface area (Å²) in [5, 5.41) is 7.75. The van der Waals surface area contributed by atoms with Crippen LogP contribution in [0.5, 0.6) is 0 Å². The number of aromatic nitrogens is 1. The summed E-state index contributed by atoms with van der Waals surface area (Å²) in [4.78, 5) is 17.7. The van der Waals surface area contributed by atoms with Crippen molar-refractivity contribution in [1.82, 2.24) is 4.98 Å². The Morgan fingerprint density at radius 2 is 2.00 bits per heavy atom. The summed E-state index contributed by atoms with van der Waals surface area (Å²) in [6, 6.07) is 11.8. The van der Waals surface area contributed by atoms with Crippen molar-refractivity contribution in [3.8, 4) is 10.6 Å². The van der Waals surface area contributed by atoms with Crippen molar-refractivity contribution in [2.75, 3.05) is 5.32 Å². The third kappa shape index (κ3) is 3.56. The number of nitrogens with zero attached hydrogens (tertiary/aromatic N) is 1. The van der Waals surface area contributed by atoms with Gasteiger partial charge in [0.05, 0.1) is 17.0 Å². The number of aryl methyl sites for hydroxylation is 1. The van der Waals surface area contributed by atoms with E-state index < -0.39 is 0 Å². The number of benzene rings is 1. The molecule has 3 rings (SSSR count). The Kier molecular flexibility index (Phi) is 4.13. The van der Waals surface area contributed by atoms with E-state index in [1.165, 1.54) is 16.9 Å². The smallest absolute Gasteiger partial charge is 0.231 e. The van der Waals surface area contributed by atoms with Crippen LogP contribution < -0.4 is 5.32 Å². The zero-order valence-corrected chi connectivity index (χ0v) is 13.1. The highest BCUT2D eigenvalue weighted by Gasteiger charge is 2.10. The molecule has 0 fully saturated rings. The van der Waals surface area contributed by atoms with E-state index >= 15 is 0 Å². The van der Waals surface area contributed by atoms with Crippen LogP contribution in [0.3, 0.4) is 0 Å². The van der Waals surface area contributed by atoms with Gasteiger partial charge in [0.25, 0.3) is 0 Å². The maximum atomic E-state index is 12.0. The van der Waals surface area contributed by atoms with Crippen molar-refractivity contribution in [3.05, 3.63) is 57.7 Å². The summed E-state index contributed by atoms with van der Waals surface area (Å²) < 4.78 is 0. The topological polar surface area (TPSA) is 42.0 Å². The van der Waals surface area contributed by atoms with Gasteiger partial charge in [-0.05, 0) is 30.5 Å². The molecule has 0 atom stereocenters. The minimum Gasteiger partial charge on any atom is -0.326 e. The molecule has 21 heavy (non-hydrogen) atoms. The van der Waals surface area contributed by atoms with Crippen molar-refractivity contribution >= 4 is 34.3 Å². The van der Waals surface area contributed by atoms with E-state index in [1.54, 1.807) is 11.3 Å². The maximum absolute atomic E-state index is 12.0. The number of carbonyl (C=O) groups excluding carboxylic acids is 1. The summed E-state index contributed by atoms with van der Waals surface area (Å²) in [6.45, 7) is 2.02. The van der Waals surface area contributed by atoms with Crippen LogP contribution in [-0.2, 0) is 11.2 Å². The molecule has 0 aliphatic heterocycles. The van der Waals surface area contributed by atoms with Crippen molar-refractivity contribution in [2.24, 2.45) is 0 Å². The van der Waals surface area contributed by atoms with Crippen molar-refractivity contribution in [3.63, 3.8) is 0 Å². The van der Waals surface area contributed by atoms with E-state index in [1.807, 2.05) is 54.1 Å². The molecule has 0 aliphatic carbocycles. The molecule has 0 aliphatic rings. The fourth-order valence-electron chi connectivity index (χ4n) is 1.91. The van der Waals surface area contributed by atoms with Gasteiger partial charge in [-0.2, -0.15) is 0 Å². The van der Waals surface area contributed by atoms with E-state index in [0.29, 0.717) is 6.42 Å². The van der Waals surface area contributed by atoms with Gasteiger partial charge in [0.15, 0.2) is 0 Å². The molecule has 1 aromatic carbocycles. The van der Waals surface area contributed by atoms with E-state index in [9.17, 15) is 4.79 Å². The summed E-state index contributed by atoms with van der Waals surface area (Å²) >= 11 is 3.18. The largest absolute Gasteiger partial charge is 0.326 e. The Bertz CT molecular complexity index is 730. The molecule has 3 aromatic rings. The first-order chi connectivity index (χ1) is 10.2. The quantitative estimate of drug-likeness (QED) is 0.777. The van der Waals surface area contributed by atoms with Crippen LogP contribution in [0.1, 0.15) is 10.6 Å². The third-order valence-corrected chi connectivity index (χ3v) is 4.71. The molecule has 0 saturated heterocycles. The molecule has 0 unspecified atom stereocenters. The van der Waals surface area contributed by atoms with Crippen LogP contribution >= 0.6 is 22.7 Å². The van der Waals surface area contributed by atoms with Crippen LogP contribution in [0.4, 0.5) is 5.69 Å². The molecular formula is C16H14N2OS2. The fourth-order valence-corrected chi connectivity index (χ4v) is 3.46. The summed E-state index contributed by atoms with van der Waals surface area (Å²) in [5.41, 5.74) is 2.95.